The van der Waals surface area contributed by atoms with Crippen LogP contribution in [0.25, 0.3) is 76.5 Å². The average molecular weight is 695 g/mol. The van der Waals surface area contributed by atoms with Crippen molar-refractivity contribution in [3.05, 3.63) is 48.5 Å². The average Bonchev–Trinajstić information content (AvgIpc) is 3.51. The van der Waals surface area contributed by atoms with E-state index in [0.29, 0.717) is 22.4 Å². The Hall–Kier alpha value is -7.68. The number of hydrogen-bond donors (Lipinski definition) is 14. The first-order chi connectivity index (χ1) is 24.2. The number of rotatable bonds is 2. The Morgan fingerprint density at radius 2 is 0.784 bits per heavy atom. The lowest BCUT2D eigenvalue weighted by atomic mass is 9.81. The molecule has 0 spiro atoms. The topological polar surface area (TPSA) is 296 Å². The summed E-state index contributed by atoms with van der Waals surface area (Å²) < 4.78 is 6.15. The molecule has 0 atom stereocenters. The molecule has 8 rings (SSSR count). The van der Waals surface area contributed by atoms with Gasteiger partial charge in [-0.15, -0.1) is 0 Å². The van der Waals surface area contributed by atoms with Crippen LogP contribution in [-0.4, -0.2) is 71.5 Å². The number of benzene rings is 7. The third-order valence-corrected chi connectivity index (χ3v) is 9.16. The van der Waals surface area contributed by atoms with E-state index >= 15 is 0 Å². The van der Waals surface area contributed by atoms with Gasteiger partial charge in [0.25, 0.3) is 0 Å². The van der Waals surface area contributed by atoms with Gasteiger partial charge < -0.3 is 75.9 Å². The SMILES string of the molecule is Oc1cc2c(-c3c4c(O)c(O)c(O)c(O)c4c(-c4cccc5c4oc4ccccc45)c4c(O)c(O)c(O)c(O)c34)c(O)c(O)c(O)c2c(O)c1O. The third kappa shape index (κ3) is 3.65. The lowest BCUT2D eigenvalue weighted by Crippen LogP contribution is -1.96. The van der Waals surface area contributed by atoms with Crippen molar-refractivity contribution >= 4 is 54.3 Å². The van der Waals surface area contributed by atoms with Crippen molar-refractivity contribution in [2.45, 2.75) is 0 Å². The second-order valence-electron chi connectivity index (χ2n) is 11.8. The molecule has 14 N–H and O–H groups in total. The van der Waals surface area contributed by atoms with Gasteiger partial charge in [-0.1, -0.05) is 36.4 Å². The Morgan fingerprint density at radius 3 is 1.35 bits per heavy atom. The maximum atomic E-state index is 11.6. The molecule has 1 heterocycles. The minimum absolute atomic E-state index is 0.0207. The molecule has 15 nitrogen and oxygen atoms in total. The monoisotopic (exact) mass is 694 g/mol. The van der Waals surface area contributed by atoms with Crippen molar-refractivity contribution in [2.24, 2.45) is 0 Å². The number of furan rings is 1. The van der Waals surface area contributed by atoms with E-state index in [2.05, 4.69) is 0 Å². The lowest BCUT2D eigenvalue weighted by Gasteiger charge is -2.24. The highest BCUT2D eigenvalue weighted by atomic mass is 16.4. The molecule has 256 valence electrons. The number of hydrogen-bond acceptors (Lipinski definition) is 15. The van der Waals surface area contributed by atoms with Gasteiger partial charge in [-0.25, -0.2) is 0 Å². The molecule has 0 radical (unpaired) electrons. The molecule has 51 heavy (non-hydrogen) atoms. The molecule has 0 aliphatic carbocycles. The standard InChI is InChI=1S/C36H22O15/c37-13-8-12-16(24(39)31(46)26(41)17(12)25(40)23(13)38)18-21-19(27(42)32(47)34(49)29(21)44)15(20-22(18)30(45)35(50)33(48)28(20)43)11-6-3-5-10-9-4-1-2-7-14(9)51-36(10)11/h1-8,37-50H. The first-order valence-corrected chi connectivity index (χ1v) is 14.7. The Kier molecular flexibility index (Phi) is 5.96. The largest absolute Gasteiger partial charge is 0.504 e. The number of fused-ring (bicyclic) bond motifs is 6. The molecule has 1 aromatic heterocycles. The van der Waals surface area contributed by atoms with Crippen molar-refractivity contribution in [3.63, 3.8) is 0 Å². The van der Waals surface area contributed by atoms with E-state index in [1.54, 1.807) is 30.3 Å². The predicted octanol–water partition coefficient (Wildman–Crippen LogP) is 6.26. The second kappa shape index (κ2) is 9.93. The number of phenolic OH excluding ortho intramolecular Hbond substituents is 14. The van der Waals surface area contributed by atoms with Crippen LogP contribution >= 0.6 is 0 Å². The summed E-state index contributed by atoms with van der Waals surface area (Å²) in [5.74, 6) is -17.5. The van der Waals surface area contributed by atoms with Gasteiger partial charge in [-0.05, 0) is 12.1 Å². The summed E-state index contributed by atoms with van der Waals surface area (Å²) in [4.78, 5) is 0. The fraction of sp³-hybridized carbons (Fsp3) is 0. The highest BCUT2D eigenvalue weighted by Crippen LogP contribution is 2.65. The van der Waals surface area contributed by atoms with Crippen LogP contribution in [0, 0.1) is 0 Å². The molecule has 0 unspecified atom stereocenters. The zero-order chi connectivity index (χ0) is 36.5. The number of para-hydroxylation sites is 2. The van der Waals surface area contributed by atoms with Crippen molar-refractivity contribution in [2.75, 3.05) is 0 Å². The molecule has 7 aromatic carbocycles. The summed E-state index contributed by atoms with van der Waals surface area (Å²) in [7, 11) is 0. The van der Waals surface area contributed by atoms with Crippen LogP contribution in [0.15, 0.2) is 52.9 Å². The number of aromatic hydroxyl groups is 14. The van der Waals surface area contributed by atoms with Gasteiger partial charge in [0.1, 0.15) is 11.2 Å². The normalized spacial score (nSPS) is 11.8. The summed E-state index contributed by atoms with van der Waals surface area (Å²) in [5.41, 5.74) is -1.58. The molecular weight excluding hydrogens is 672 g/mol. The smallest absolute Gasteiger partial charge is 0.204 e. The van der Waals surface area contributed by atoms with Crippen LogP contribution in [0.1, 0.15) is 0 Å². The van der Waals surface area contributed by atoms with Crippen LogP contribution in [0.5, 0.6) is 80.5 Å². The van der Waals surface area contributed by atoms with Crippen molar-refractivity contribution < 1.29 is 75.9 Å². The molecule has 0 amide bonds. The van der Waals surface area contributed by atoms with Gasteiger partial charge in [0.05, 0.1) is 5.39 Å². The van der Waals surface area contributed by atoms with E-state index in [1.165, 1.54) is 12.1 Å². The zero-order valence-electron chi connectivity index (χ0n) is 25.3. The minimum Gasteiger partial charge on any atom is -0.504 e. The molecule has 0 aliphatic heterocycles. The van der Waals surface area contributed by atoms with Gasteiger partial charge in [0, 0.05) is 60.0 Å². The van der Waals surface area contributed by atoms with Crippen LogP contribution in [-0.2, 0) is 0 Å². The predicted molar refractivity (Wildman–Crippen MR) is 180 cm³/mol. The van der Waals surface area contributed by atoms with E-state index in [0.717, 1.165) is 0 Å². The molecule has 0 aliphatic rings. The van der Waals surface area contributed by atoms with Crippen molar-refractivity contribution in [1.29, 1.82) is 0 Å². The fourth-order valence-corrected chi connectivity index (χ4v) is 6.89. The Bertz CT molecular complexity index is 2820. The molecule has 0 saturated heterocycles. The van der Waals surface area contributed by atoms with Crippen LogP contribution in [0.4, 0.5) is 0 Å². The molecule has 0 bridgehead atoms. The quantitative estimate of drug-likeness (QED) is 0.0540. The molecule has 0 fully saturated rings. The first-order valence-electron chi connectivity index (χ1n) is 14.7. The highest BCUT2D eigenvalue weighted by molar-refractivity contribution is 6.32. The van der Waals surface area contributed by atoms with Crippen LogP contribution in [0.3, 0.4) is 0 Å². The third-order valence-electron chi connectivity index (χ3n) is 9.16. The van der Waals surface area contributed by atoms with E-state index in [-0.39, 0.29) is 11.1 Å². The summed E-state index contributed by atoms with van der Waals surface area (Å²) in [6.07, 6.45) is 0. The van der Waals surface area contributed by atoms with Gasteiger partial charge >= 0.3 is 0 Å². The van der Waals surface area contributed by atoms with Crippen molar-refractivity contribution in [3.8, 4) is 103 Å². The molecule has 8 aromatic rings. The summed E-state index contributed by atoms with van der Waals surface area (Å²) >= 11 is 0. The minimum atomic E-state index is -1.37. The van der Waals surface area contributed by atoms with Gasteiger partial charge in [-0.2, -0.15) is 0 Å². The molecule has 0 saturated carbocycles. The van der Waals surface area contributed by atoms with Crippen molar-refractivity contribution in [1.82, 2.24) is 0 Å². The maximum absolute atomic E-state index is 11.6. The maximum Gasteiger partial charge on any atom is 0.204 e. The Balaban J connectivity index is 1.77. The van der Waals surface area contributed by atoms with E-state index < -0.39 is 130 Å². The van der Waals surface area contributed by atoms with E-state index in [4.69, 9.17) is 4.42 Å². The highest BCUT2D eigenvalue weighted by Gasteiger charge is 2.36. The van der Waals surface area contributed by atoms with Gasteiger partial charge in [0.15, 0.2) is 46.0 Å². The second-order valence-corrected chi connectivity index (χ2v) is 11.8. The summed E-state index contributed by atoms with van der Waals surface area (Å²) in [6.45, 7) is 0. The van der Waals surface area contributed by atoms with Crippen LogP contribution in [0.2, 0.25) is 0 Å². The van der Waals surface area contributed by atoms with E-state index in [1.807, 2.05) is 0 Å². The first kappa shape index (κ1) is 30.6. The number of phenols is 14. The molecule has 15 heteroatoms. The van der Waals surface area contributed by atoms with E-state index in [9.17, 15) is 71.5 Å². The Morgan fingerprint density at radius 1 is 0.333 bits per heavy atom. The lowest BCUT2D eigenvalue weighted by molar-refractivity contribution is 0.350. The van der Waals surface area contributed by atoms with Gasteiger partial charge in [-0.3, -0.25) is 0 Å². The summed E-state index contributed by atoms with van der Waals surface area (Å²) in [6, 6.07) is 12.1. The Labute approximate surface area is 281 Å². The molecular formula is C36H22O15. The zero-order valence-corrected chi connectivity index (χ0v) is 25.3. The summed E-state index contributed by atoms with van der Waals surface area (Å²) in [5, 5.41) is 151. The fourth-order valence-electron chi connectivity index (χ4n) is 6.89. The van der Waals surface area contributed by atoms with Crippen LogP contribution < -0.4 is 0 Å². The van der Waals surface area contributed by atoms with Gasteiger partial charge in [0.2, 0.25) is 34.5 Å².